The lowest BCUT2D eigenvalue weighted by molar-refractivity contribution is -0.389. The third-order valence-corrected chi connectivity index (χ3v) is 1.89. The van der Waals surface area contributed by atoms with E-state index in [1.165, 1.54) is 10.8 Å². The fraction of sp³-hybridized carbons (Fsp3) is 0.429. The number of nitro groups is 1. The van der Waals surface area contributed by atoms with Crippen LogP contribution in [-0.4, -0.2) is 20.4 Å². The number of carbonyl (C=O) groups is 1. The Kier molecular flexibility index (Phi) is 3.34. The molecular formula is C7H11N5O3. The Balaban J connectivity index is 2.69. The van der Waals surface area contributed by atoms with Crippen molar-refractivity contribution in [3.05, 3.63) is 22.1 Å². The normalized spacial score (nSPS) is 10.0. The van der Waals surface area contributed by atoms with Gasteiger partial charge in [0.15, 0.2) is 0 Å². The summed E-state index contributed by atoms with van der Waals surface area (Å²) in [5, 5.41) is 10.4. The van der Waals surface area contributed by atoms with Crippen molar-refractivity contribution in [3.8, 4) is 0 Å². The van der Waals surface area contributed by atoms with Crippen LogP contribution in [0.5, 0.6) is 0 Å². The van der Waals surface area contributed by atoms with E-state index in [0.717, 1.165) is 0 Å². The first-order valence-electron chi connectivity index (χ1n) is 4.22. The molecular weight excluding hydrogens is 202 g/mol. The number of hydrazine groups is 1. The predicted molar refractivity (Wildman–Crippen MR) is 50.6 cm³/mol. The zero-order valence-corrected chi connectivity index (χ0v) is 8.14. The molecule has 0 saturated heterocycles. The van der Waals surface area contributed by atoms with Crippen molar-refractivity contribution in [2.45, 2.75) is 19.9 Å². The van der Waals surface area contributed by atoms with Gasteiger partial charge in [-0.3, -0.25) is 10.2 Å². The molecule has 0 fully saturated rings. The number of nitrogens with two attached hydrogens (primary N) is 1. The molecule has 1 amide bonds. The Morgan fingerprint density at radius 3 is 2.93 bits per heavy atom. The number of nitrogens with zero attached hydrogens (tertiary/aromatic N) is 3. The molecule has 0 aliphatic carbocycles. The second-order valence-corrected chi connectivity index (χ2v) is 2.91. The maximum absolute atomic E-state index is 10.8. The van der Waals surface area contributed by atoms with Crippen LogP contribution in [-0.2, 0) is 11.3 Å². The zero-order valence-electron chi connectivity index (χ0n) is 8.14. The SMILES string of the molecule is Cc1nc([N+](=O)[O-])cn1CCC(=O)NN. The summed E-state index contributed by atoms with van der Waals surface area (Å²) in [5.74, 6) is 4.84. The van der Waals surface area contributed by atoms with Crippen LogP contribution >= 0.6 is 0 Å². The van der Waals surface area contributed by atoms with Crippen LogP contribution in [0, 0.1) is 17.0 Å². The van der Waals surface area contributed by atoms with E-state index in [1.54, 1.807) is 6.92 Å². The van der Waals surface area contributed by atoms with E-state index in [2.05, 4.69) is 4.98 Å². The lowest BCUT2D eigenvalue weighted by Crippen LogP contribution is -2.30. The van der Waals surface area contributed by atoms with Crippen molar-refractivity contribution in [1.82, 2.24) is 15.0 Å². The van der Waals surface area contributed by atoms with E-state index in [0.29, 0.717) is 12.4 Å². The van der Waals surface area contributed by atoms with E-state index in [1.807, 2.05) is 5.43 Å². The van der Waals surface area contributed by atoms with Gasteiger partial charge in [-0.2, -0.15) is 0 Å². The van der Waals surface area contributed by atoms with Gasteiger partial charge in [0.1, 0.15) is 6.20 Å². The van der Waals surface area contributed by atoms with Gasteiger partial charge >= 0.3 is 5.82 Å². The maximum atomic E-state index is 10.8. The molecule has 0 aromatic carbocycles. The first kappa shape index (κ1) is 11.1. The van der Waals surface area contributed by atoms with Crippen molar-refractivity contribution in [2.75, 3.05) is 0 Å². The van der Waals surface area contributed by atoms with Crippen molar-refractivity contribution in [1.29, 1.82) is 0 Å². The van der Waals surface area contributed by atoms with Crippen LogP contribution in [0.2, 0.25) is 0 Å². The Morgan fingerprint density at radius 2 is 2.47 bits per heavy atom. The van der Waals surface area contributed by atoms with Gasteiger partial charge in [0.25, 0.3) is 0 Å². The number of amides is 1. The van der Waals surface area contributed by atoms with E-state index in [9.17, 15) is 14.9 Å². The van der Waals surface area contributed by atoms with E-state index < -0.39 is 4.92 Å². The Bertz CT molecular complexity index is 386. The van der Waals surface area contributed by atoms with Gasteiger partial charge in [-0.05, 0) is 9.91 Å². The minimum Gasteiger partial charge on any atom is -0.358 e. The number of aromatic nitrogens is 2. The van der Waals surface area contributed by atoms with Crippen molar-refractivity contribution < 1.29 is 9.72 Å². The second kappa shape index (κ2) is 4.51. The summed E-state index contributed by atoms with van der Waals surface area (Å²) < 4.78 is 1.54. The third-order valence-electron chi connectivity index (χ3n) is 1.89. The maximum Gasteiger partial charge on any atom is 0.381 e. The van der Waals surface area contributed by atoms with Gasteiger partial charge in [-0.25, -0.2) is 5.84 Å². The standard InChI is InChI=1S/C7H11N5O3/c1-5-9-6(12(14)15)4-11(5)3-2-7(13)10-8/h4H,2-3,8H2,1H3,(H,10,13). The van der Waals surface area contributed by atoms with Gasteiger partial charge in [0.05, 0.1) is 0 Å². The van der Waals surface area contributed by atoms with Gasteiger partial charge in [-0.15, -0.1) is 0 Å². The predicted octanol–water partition coefficient (Wildman–Crippen LogP) is -0.520. The summed E-state index contributed by atoms with van der Waals surface area (Å²) in [7, 11) is 0. The molecule has 0 atom stereocenters. The highest BCUT2D eigenvalue weighted by Crippen LogP contribution is 2.10. The number of imidazole rings is 1. The summed E-state index contributed by atoms with van der Waals surface area (Å²) in [6.45, 7) is 1.95. The van der Waals surface area contributed by atoms with Crippen molar-refractivity contribution in [2.24, 2.45) is 5.84 Å². The van der Waals surface area contributed by atoms with E-state index in [-0.39, 0.29) is 18.1 Å². The average Bonchev–Trinajstić information content (AvgIpc) is 2.56. The summed E-state index contributed by atoms with van der Waals surface area (Å²) in [5.41, 5.74) is 1.98. The van der Waals surface area contributed by atoms with Gasteiger partial charge in [-0.1, -0.05) is 0 Å². The molecule has 0 spiro atoms. The van der Waals surface area contributed by atoms with Crippen LogP contribution < -0.4 is 11.3 Å². The van der Waals surface area contributed by atoms with Crippen LogP contribution in [0.25, 0.3) is 0 Å². The molecule has 15 heavy (non-hydrogen) atoms. The molecule has 82 valence electrons. The van der Waals surface area contributed by atoms with E-state index in [4.69, 9.17) is 5.84 Å². The summed E-state index contributed by atoms with van der Waals surface area (Å²) in [6, 6.07) is 0. The quantitative estimate of drug-likeness (QED) is 0.302. The first-order chi connectivity index (χ1) is 7.04. The zero-order chi connectivity index (χ0) is 11.4. The second-order valence-electron chi connectivity index (χ2n) is 2.91. The number of nitrogens with one attached hydrogen (secondary N) is 1. The molecule has 0 aliphatic heterocycles. The monoisotopic (exact) mass is 213 g/mol. The van der Waals surface area contributed by atoms with Crippen LogP contribution in [0.4, 0.5) is 5.82 Å². The Morgan fingerprint density at radius 1 is 1.80 bits per heavy atom. The molecule has 1 rings (SSSR count). The largest absolute Gasteiger partial charge is 0.381 e. The average molecular weight is 213 g/mol. The third kappa shape index (κ3) is 2.74. The molecule has 0 bridgehead atoms. The highest BCUT2D eigenvalue weighted by molar-refractivity contribution is 5.75. The number of rotatable bonds is 4. The van der Waals surface area contributed by atoms with Crippen LogP contribution in [0.3, 0.4) is 0 Å². The molecule has 0 radical (unpaired) electrons. The highest BCUT2D eigenvalue weighted by atomic mass is 16.6. The molecule has 0 aliphatic rings. The molecule has 1 aromatic heterocycles. The van der Waals surface area contributed by atoms with Gasteiger partial charge in [0.2, 0.25) is 11.7 Å². The fourth-order valence-electron chi connectivity index (χ4n) is 1.10. The van der Waals surface area contributed by atoms with Crippen LogP contribution in [0.15, 0.2) is 6.20 Å². The van der Waals surface area contributed by atoms with Crippen LogP contribution in [0.1, 0.15) is 12.2 Å². The minimum atomic E-state index is -0.577. The highest BCUT2D eigenvalue weighted by Gasteiger charge is 2.15. The number of hydrogen-bond donors (Lipinski definition) is 2. The summed E-state index contributed by atoms with van der Waals surface area (Å²) >= 11 is 0. The summed E-state index contributed by atoms with van der Waals surface area (Å²) in [4.78, 5) is 24.4. The fourth-order valence-corrected chi connectivity index (χ4v) is 1.10. The molecule has 0 unspecified atom stereocenters. The number of aryl methyl sites for hydroxylation is 2. The lowest BCUT2D eigenvalue weighted by atomic mass is 10.4. The minimum absolute atomic E-state index is 0.158. The topological polar surface area (TPSA) is 116 Å². The number of hydrogen-bond acceptors (Lipinski definition) is 5. The molecule has 8 nitrogen and oxygen atoms in total. The molecule has 3 N–H and O–H groups in total. The summed E-state index contributed by atoms with van der Waals surface area (Å²) in [6.07, 6.45) is 1.45. The van der Waals surface area contributed by atoms with Gasteiger partial charge < -0.3 is 14.7 Å². The molecule has 1 heterocycles. The van der Waals surface area contributed by atoms with Crippen molar-refractivity contribution >= 4 is 11.7 Å². The number of carbonyl (C=O) groups excluding carboxylic acids is 1. The molecule has 0 saturated carbocycles. The Hall–Kier alpha value is -1.96. The Labute approximate surface area is 85.2 Å². The van der Waals surface area contributed by atoms with Crippen molar-refractivity contribution in [3.63, 3.8) is 0 Å². The lowest BCUT2D eigenvalue weighted by Gasteiger charge is -2.00. The molecule has 8 heteroatoms. The molecule has 1 aromatic rings. The van der Waals surface area contributed by atoms with Gasteiger partial charge in [0, 0.05) is 19.9 Å². The smallest absolute Gasteiger partial charge is 0.358 e. The first-order valence-corrected chi connectivity index (χ1v) is 4.22. The van der Waals surface area contributed by atoms with E-state index >= 15 is 0 Å².